The normalized spacial score (nSPS) is 14.2. The topological polar surface area (TPSA) is 58.4 Å². The number of anilines is 2. The molecule has 1 fully saturated rings. The third-order valence-corrected chi connectivity index (χ3v) is 7.43. The summed E-state index contributed by atoms with van der Waals surface area (Å²) in [5.74, 6) is 4.16. The third-order valence-electron chi connectivity index (χ3n) is 4.64. The van der Waals surface area contributed by atoms with Crippen molar-refractivity contribution in [3.63, 3.8) is 0 Å². The van der Waals surface area contributed by atoms with Crippen LogP contribution < -0.4 is 10.2 Å². The first-order valence-electron chi connectivity index (χ1n) is 9.49. The molecule has 8 heteroatoms. The number of carbonyl (C=O) groups is 1. The minimum atomic E-state index is -0.00139. The molecule has 5 nitrogen and oxygen atoms in total. The average Bonchev–Trinajstić information content (AvgIpc) is 3.41. The quantitative estimate of drug-likeness (QED) is 0.544. The van der Waals surface area contributed by atoms with E-state index in [1.165, 1.54) is 34.5 Å². The Labute approximate surface area is 183 Å². The van der Waals surface area contributed by atoms with Crippen LogP contribution in [-0.4, -0.2) is 41.4 Å². The zero-order chi connectivity index (χ0) is 20.1. The van der Waals surface area contributed by atoms with Gasteiger partial charge in [-0.25, -0.2) is 0 Å². The molecule has 4 rings (SSSR count). The Morgan fingerprint density at radius 2 is 2.14 bits per heavy atom. The molecule has 1 aromatic carbocycles. The molecule has 2 aromatic heterocycles. The number of thioether (sulfide) groups is 2. The summed E-state index contributed by atoms with van der Waals surface area (Å²) in [6, 6.07) is 12.1. The number of benzene rings is 1. The molecule has 29 heavy (non-hydrogen) atoms. The zero-order valence-electron chi connectivity index (χ0n) is 16.2. The van der Waals surface area contributed by atoms with Gasteiger partial charge in [-0.1, -0.05) is 11.2 Å². The minimum Gasteiger partial charge on any atom is -0.370 e. The van der Waals surface area contributed by atoms with Crippen molar-refractivity contribution in [1.82, 2.24) is 5.16 Å². The van der Waals surface area contributed by atoms with Crippen LogP contribution >= 0.6 is 34.9 Å². The Morgan fingerprint density at radius 3 is 2.90 bits per heavy atom. The lowest BCUT2D eigenvalue weighted by molar-refractivity contribution is -0.113. The first kappa shape index (κ1) is 20.4. The van der Waals surface area contributed by atoms with Crippen LogP contribution in [0.25, 0.3) is 10.6 Å². The van der Waals surface area contributed by atoms with Gasteiger partial charge in [0.2, 0.25) is 5.91 Å². The summed E-state index contributed by atoms with van der Waals surface area (Å²) >= 11 is 5.16. The van der Waals surface area contributed by atoms with Gasteiger partial charge in [-0.3, -0.25) is 4.79 Å². The lowest BCUT2D eigenvalue weighted by atomic mass is 10.1. The number of aromatic nitrogens is 1. The van der Waals surface area contributed by atoms with Crippen molar-refractivity contribution in [3.05, 3.63) is 53.0 Å². The highest BCUT2D eigenvalue weighted by molar-refractivity contribution is 7.99. The number of hydrogen-bond acceptors (Lipinski definition) is 7. The molecule has 1 amide bonds. The molecule has 0 spiro atoms. The molecule has 0 aliphatic carbocycles. The Kier molecular flexibility index (Phi) is 6.84. The number of thiophene rings is 1. The number of nitrogens with zero attached hydrogens (tertiary/aromatic N) is 2. The van der Waals surface area contributed by atoms with Gasteiger partial charge in [0.1, 0.15) is 0 Å². The van der Waals surface area contributed by atoms with Crippen molar-refractivity contribution in [2.24, 2.45) is 0 Å². The smallest absolute Gasteiger partial charge is 0.234 e. The summed E-state index contributed by atoms with van der Waals surface area (Å²) in [7, 11) is 0. The number of hydrogen-bond donors (Lipinski definition) is 1. The monoisotopic (exact) mass is 445 g/mol. The van der Waals surface area contributed by atoms with E-state index in [4.69, 9.17) is 4.52 Å². The molecule has 3 heterocycles. The van der Waals surface area contributed by atoms with E-state index in [2.05, 4.69) is 34.4 Å². The third kappa shape index (κ3) is 5.38. The number of amides is 1. The molecule has 3 aromatic rings. The summed E-state index contributed by atoms with van der Waals surface area (Å²) in [4.78, 5) is 15.8. The van der Waals surface area contributed by atoms with E-state index < -0.39 is 0 Å². The van der Waals surface area contributed by atoms with E-state index in [0.717, 1.165) is 35.1 Å². The van der Waals surface area contributed by atoms with Crippen molar-refractivity contribution in [3.8, 4) is 10.6 Å². The summed E-state index contributed by atoms with van der Waals surface area (Å²) < 4.78 is 5.38. The van der Waals surface area contributed by atoms with Crippen molar-refractivity contribution in [2.75, 3.05) is 40.6 Å². The highest BCUT2D eigenvalue weighted by atomic mass is 32.2. The van der Waals surface area contributed by atoms with E-state index in [1.54, 1.807) is 11.3 Å². The van der Waals surface area contributed by atoms with Gasteiger partial charge < -0.3 is 14.7 Å². The summed E-state index contributed by atoms with van der Waals surface area (Å²) in [6.45, 7) is 4.28. The molecule has 1 saturated heterocycles. The van der Waals surface area contributed by atoms with Crippen molar-refractivity contribution in [2.45, 2.75) is 12.7 Å². The van der Waals surface area contributed by atoms with Gasteiger partial charge >= 0.3 is 0 Å². The second-order valence-corrected chi connectivity index (χ2v) is 9.96. The Balaban J connectivity index is 1.26. The van der Waals surface area contributed by atoms with Crippen LogP contribution in [0.2, 0.25) is 0 Å². The van der Waals surface area contributed by atoms with Crippen LogP contribution in [-0.2, 0) is 10.5 Å². The van der Waals surface area contributed by atoms with Gasteiger partial charge in [-0.2, -0.15) is 11.8 Å². The van der Waals surface area contributed by atoms with Gasteiger partial charge in [0.15, 0.2) is 5.76 Å². The first-order chi connectivity index (χ1) is 14.2. The first-order valence-corrected chi connectivity index (χ1v) is 12.7. The van der Waals surface area contributed by atoms with Crippen molar-refractivity contribution < 1.29 is 9.32 Å². The maximum absolute atomic E-state index is 12.3. The summed E-state index contributed by atoms with van der Waals surface area (Å²) in [5, 5.41) is 9.10. The second kappa shape index (κ2) is 9.73. The van der Waals surface area contributed by atoms with Crippen LogP contribution in [0.5, 0.6) is 0 Å². The predicted molar refractivity (Wildman–Crippen MR) is 125 cm³/mol. The van der Waals surface area contributed by atoms with E-state index in [0.29, 0.717) is 11.5 Å². The van der Waals surface area contributed by atoms with Gasteiger partial charge in [-0.05, 0) is 42.1 Å². The van der Waals surface area contributed by atoms with E-state index in [1.807, 2.05) is 41.4 Å². The lowest BCUT2D eigenvalue weighted by Gasteiger charge is -2.30. The number of nitrogens with one attached hydrogen (secondary N) is 1. The molecule has 1 N–H and O–H groups in total. The van der Waals surface area contributed by atoms with Gasteiger partial charge in [-0.15, -0.1) is 23.1 Å². The van der Waals surface area contributed by atoms with Gasteiger partial charge in [0.25, 0.3) is 0 Å². The molecule has 0 atom stereocenters. The molecule has 0 bridgehead atoms. The Hall–Kier alpha value is -1.90. The Morgan fingerprint density at radius 1 is 1.28 bits per heavy atom. The highest BCUT2D eigenvalue weighted by Gasteiger charge is 2.14. The van der Waals surface area contributed by atoms with Gasteiger partial charge in [0, 0.05) is 47.8 Å². The molecule has 152 valence electrons. The fraction of sp³-hybridized carbons (Fsp3) is 0.333. The molecular weight excluding hydrogens is 422 g/mol. The molecule has 1 aliphatic heterocycles. The molecule has 0 unspecified atom stereocenters. The minimum absolute atomic E-state index is 0.00139. The number of rotatable bonds is 7. The molecule has 0 radical (unpaired) electrons. The maximum atomic E-state index is 12.3. The van der Waals surface area contributed by atoms with Crippen LogP contribution in [0.4, 0.5) is 11.4 Å². The number of aryl methyl sites for hydroxylation is 1. The van der Waals surface area contributed by atoms with E-state index in [-0.39, 0.29) is 5.91 Å². The number of carbonyl (C=O) groups excluding carboxylic acids is 1. The van der Waals surface area contributed by atoms with Crippen LogP contribution in [0, 0.1) is 6.92 Å². The summed E-state index contributed by atoms with van der Waals surface area (Å²) in [5.41, 5.74) is 4.17. The van der Waals surface area contributed by atoms with Crippen molar-refractivity contribution in [1.29, 1.82) is 0 Å². The zero-order valence-corrected chi connectivity index (χ0v) is 18.7. The maximum Gasteiger partial charge on any atom is 0.234 e. The standard InChI is InChI=1S/C21H23N3O2S3/c1-15-11-16(4-5-18(15)24-6-9-27-10-7-24)22-21(25)14-28-13-17-12-19(26-23-17)20-3-2-8-29-20/h2-5,8,11-12H,6-7,9-10,13-14H2,1H3,(H,22,25). The predicted octanol–water partition coefficient (Wildman–Crippen LogP) is 5.14. The molecule has 0 saturated carbocycles. The fourth-order valence-electron chi connectivity index (χ4n) is 3.25. The fourth-order valence-corrected chi connectivity index (χ4v) is 5.53. The summed E-state index contributed by atoms with van der Waals surface area (Å²) in [6.07, 6.45) is 0. The molecule has 1 aliphatic rings. The highest BCUT2D eigenvalue weighted by Crippen LogP contribution is 2.27. The second-order valence-electron chi connectivity index (χ2n) is 6.80. The molecular formula is C21H23N3O2S3. The van der Waals surface area contributed by atoms with Crippen LogP contribution in [0.1, 0.15) is 11.3 Å². The van der Waals surface area contributed by atoms with Crippen molar-refractivity contribution >= 4 is 52.1 Å². The van der Waals surface area contributed by atoms with Crippen LogP contribution in [0.3, 0.4) is 0 Å². The van der Waals surface area contributed by atoms with E-state index in [9.17, 15) is 4.79 Å². The SMILES string of the molecule is Cc1cc(NC(=O)CSCc2cc(-c3cccs3)on2)ccc1N1CCSCC1. The lowest BCUT2D eigenvalue weighted by Crippen LogP contribution is -2.32. The Bertz CT molecular complexity index is 950. The average molecular weight is 446 g/mol. The largest absolute Gasteiger partial charge is 0.370 e. The van der Waals surface area contributed by atoms with E-state index >= 15 is 0 Å². The van der Waals surface area contributed by atoms with Crippen LogP contribution in [0.15, 0.2) is 46.3 Å². The van der Waals surface area contributed by atoms with Gasteiger partial charge in [0.05, 0.1) is 16.3 Å².